The first-order valence-electron chi connectivity index (χ1n) is 7.66. The number of likely N-dealkylation sites (N-methyl/N-ethyl adjacent to an activating group) is 1. The number of benzene rings is 1. The minimum atomic E-state index is -0.0809. The second-order valence-electron chi connectivity index (χ2n) is 5.52. The molecule has 1 heterocycles. The Bertz CT molecular complexity index is 475. The van der Waals surface area contributed by atoms with Gasteiger partial charge >= 0.3 is 0 Å². The highest BCUT2D eigenvalue weighted by atomic mass is 35.5. The van der Waals surface area contributed by atoms with Gasteiger partial charge in [0.1, 0.15) is 12.4 Å². The van der Waals surface area contributed by atoms with Crippen LogP contribution in [0.3, 0.4) is 0 Å². The van der Waals surface area contributed by atoms with Gasteiger partial charge in [0, 0.05) is 38.2 Å². The summed E-state index contributed by atoms with van der Waals surface area (Å²) in [7, 11) is 1.83. The quantitative estimate of drug-likeness (QED) is 0.860. The summed E-state index contributed by atoms with van der Waals surface area (Å²) in [4.78, 5) is 16.4. The van der Waals surface area contributed by atoms with Crippen LogP contribution in [-0.4, -0.2) is 68.1 Å². The molecule has 0 aromatic heterocycles. The van der Waals surface area contributed by atoms with Crippen LogP contribution in [0.5, 0.6) is 5.75 Å². The minimum Gasteiger partial charge on any atom is -0.492 e. The van der Waals surface area contributed by atoms with Crippen LogP contribution >= 0.6 is 11.6 Å². The van der Waals surface area contributed by atoms with Crippen molar-refractivity contribution in [2.75, 3.05) is 46.4 Å². The van der Waals surface area contributed by atoms with Crippen molar-refractivity contribution in [1.82, 2.24) is 15.1 Å². The fraction of sp³-hybridized carbons (Fsp3) is 0.562. The van der Waals surface area contributed by atoms with Gasteiger partial charge in [0.2, 0.25) is 5.91 Å². The van der Waals surface area contributed by atoms with Gasteiger partial charge in [-0.1, -0.05) is 11.6 Å². The summed E-state index contributed by atoms with van der Waals surface area (Å²) in [5.74, 6) is 0.905. The highest BCUT2D eigenvalue weighted by Gasteiger charge is 2.24. The second kappa shape index (κ2) is 8.36. The molecule has 1 atom stereocenters. The first-order valence-corrected chi connectivity index (χ1v) is 8.04. The number of ether oxygens (including phenoxy) is 1. The van der Waals surface area contributed by atoms with Crippen molar-refractivity contribution in [3.63, 3.8) is 0 Å². The van der Waals surface area contributed by atoms with Crippen LogP contribution < -0.4 is 10.1 Å². The average molecular weight is 326 g/mol. The molecule has 1 fully saturated rings. The Morgan fingerprint density at radius 1 is 1.36 bits per heavy atom. The second-order valence-corrected chi connectivity index (χ2v) is 5.96. The lowest BCUT2D eigenvalue weighted by molar-refractivity contribution is -0.135. The third-order valence-electron chi connectivity index (χ3n) is 3.94. The molecular formula is C16H24ClN3O2. The Morgan fingerprint density at radius 3 is 2.64 bits per heavy atom. The van der Waals surface area contributed by atoms with Gasteiger partial charge in [0.15, 0.2) is 0 Å². The van der Waals surface area contributed by atoms with E-state index in [1.54, 1.807) is 17.0 Å². The molecule has 0 aliphatic carbocycles. The highest BCUT2D eigenvalue weighted by molar-refractivity contribution is 6.30. The van der Waals surface area contributed by atoms with Crippen LogP contribution in [0.4, 0.5) is 0 Å². The van der Waals surface area contributed by atoms with Gasteiger partial charge in [-0.25, -0.2) is 0 Å². The lowest BCUT2D eigenvalue weighted by Gasteiger charge is -2.34. The maximum Gasteiger partial charge on any atom is 0.239 e. The number of nitrogens with one attached hydrogen (secondary N) is 1. The van der Waals surface area contributed by atoms with Gasteiger partial charge in [0.05, 0.1) is 12.6 Å². The third-order valence-corrected chi connectivity index (χ3v) is 4.19. The molecule has 1 aromatic rings. The van der Waals surface area contributed by atoms with Gasteiger partial charge < -0.3 is 15.0 Å². The lowest BCUT2D eigenvalue weighted by Crippen LogP contribution is -2.53. The van der Waals surface area contributed by atoms with Crippen LogP contribution in [0, 0.1) is 0 Å². The summed E-state index contributed by atoms with van der Waals surface area (Å²) < 4.78 is 5.63. The zero-order valence-electron chi connectivity index (χ0n) is 13.2. The molecule has 1 aromatic carbocycles. The van der Waals surface area contributed by atoms with Crippen LogP contribution in [0.1, 0.15) is 6.92 Å². The number of hydrogen-bond donors (Lipinski definition) is 1. The third kappa shape index (κ3) is 4.87. The predicted molar refractivity (Wildman–Crippen MR) is 88.5 cm³/mol. The van der Waals surface area contributed by atoms with E-state index in [-0.39, 0.29) is 11.9 Å². The SMILES string of the molecule is CC(C(=O)N(C)CCOc1ccc(Cl)cc1)N1CCNCC1. The lowest BCUT2D eigenvalue weighted by atomic mass is 10.2. The van der Waals surface area contributed by atoms with Crippen molar-refractivity contribution in [2.24, 2.45) is 0 Å². The fourth-order valence-corrected chi connectivity index (χ4v) is 2.61. The first kappa shape index (κ1) is 17.1. The van der Waals surface area contributed by atoms with Crippen molar-refractivity contribution in [3.05, 3.63) is 29.3 Å². The van der Waals surface area contributed by atoms with Crippen LogP contribution in [0.15, 0.2) is 24.3 Å². The van der Waals surface area contributed by atoms with E-state index in [0.29, 0.717) is 18.2 Å². The van der Waals surface area contributed by atoms with Crippen molar-refractivity contribution >= 4 is 17.5 Å². The summed E-state index contributed by atoms with van der Waals surface area (Å²) in [5.41, 5.74) is 0. The number of carbonyl (C=O) groups excluding carboxylic acids is 1. The van der Waals surface area contributed by atoms with Crippen molar-refractivity contribution < 1.29 is 9.53 Å². The van der Waals surface area contributed by atoms with Crippen LogP contribution in [0.25, 0.3) is 0 Å². The van der Waals surface area contributed by atoms with Crippen LogP contribution in [-0.2, 0) is 4.79 Å². The molecule has 122 valence electrons. The van der Waals surface area contributed by atoms with E-state index in [4.69, 9.17) is 16.3 Å². The number of carbonyl (C=O) groups is 1. The van der Waals surface area contributed by atoms with Crippen molar-refractivity contribution in [3.8, 4) is 5.75 Å². The summed E-state index contributed by atoms with van der Waals surface area (Å²) in [6.07, 6.45) is 0. The molecule has 1 amide bonds. The molecule has 1 unspecified atom stereocenters. The number of halogens is 1. The summed E-state index contributed by atoms with van der Waals surface area (Å²) in [5, 5.41) is 3.98. The van der Waals surface area contributed by atoms with Gasteiger partial charge in [-0.2, -0.15) is 0 Å². The molecule has 5 nitrogen and oxygen atoms in total. The maximum absolute atomic E-state index is 12.4. The minimum absolute atomic E-state index is 0.0809. The first-order chi connectivity index (χ1) is 10.6. The van der Waals surface area contributed by atoms with E-state index < -0.39 is 0 Å². The summed E-state index contributed by atoms with van der Waals surface area (Å²) in [6, 6.07) is 7.15. The Kier molecular flexibility index (Phi) is 6.49. The van der Waals surface area contributed by atoms with E-state index in [1.165, 1.54) is 0 Å². The monoisotopic (exact) mass is 325 g/mol. The van der Waals surface area contributed by atoms with E-state index in [2.05, 4.69) is 10.2 Å². The largest absolute Gasteiger partial charge is 0.492 e. The molecule has 0 spiro atoms. The molecule has 0 bridgehead atoms. The molecule has 6 heteroatoms. The molecule has 0 radical (unpaired) electrons. The molecule has 1 aliphatic rings. The maximum atomic E-state index is 12.4. The Labute approximate surface area is 137 Å². The fourth-order valence-electron chi connectivity index (χ4n) is 2.49. The number of nitrogens with zero attached hydrogens (tertiary/aromatic N) is 2. The van der Waals surface area contributed by atoms with E-state index in [0.717, 1.165) is 31.9 Å². The van der Waals surface area contributed by atoms with Gasteiger partial charge in [0.25, 0.3) is 0 Å². The molecule has 22 heavy (non-hydrogen) atoms. The molecule has 1 saturated heterocycles. The average Bonchev–Trinajstić information content (AvgIpc) is 2.56. The Balaban J connectivity index is 1.74. The highest BCUT2D eigenvalue weighted by Crippen LogP contribution is 2.15. The van der Waals surface area contributed by atoms with E-state index in [9.17, 15) is 4.79 Å². The van der Waals surface area contributed by atoms with E-state index >= 15 is 0 Å². The van der Waals surface area contributed by atoms with E-state index in [1.807, 2.05) is 26.1 Å². The van der Waals surface area contributed by atoms with Crippen molar-refractivity contribution in [1.29, 1.82) is 0 Å². The number of hydrogen-bond acceptors (Lipinski definition) is 4. The summed E-state index contributed by atoms with van der Waals surface area (Å²) in [6.45, 7) is 6.74. The molecule has 1 aliphatic heterocycles. The Morgan fingerprint density at radius 2 is 2.00 bits per heavy atom. The van der Waals surface area contributed by atoms with Gasteiger partial charge in [-0.05, 0) is 31.2 Å². The number of piperazine rings is 1. The topological polar surface area (TPSA) is 44.8 Å². The van der Waals surface area contributed by atoms with Crippen LogP contribution in [0.2, 0.25) is 5.02 Å². The molecular weight excluding hydrogens is 302 g/mol. The number of amides is 1. The zero-order valence-corrected chi connectivity index (χ0v) is 14.0. The summed E-state index contributed by atoms with van der Waals surface area (Å²) >= 11 is 5.83. The predicted octanol–water partition coefficient (Wildman–Crippen LogP) is 1.47. The van der Waals surface area contributed by atoms with Crippen molar-refractivity contribution in [2.45, 2.75) is 13.0 Å². The van der Waals surface area contributed by atoms with Gasteiger partial charge in [-0.15, -0.1) is 0 Å². The van der Waals surface area contributed by atoms with Gasteiger partial charge in [-0.3, -0.25) is 9.69 Å². The smallest absolute Gasteiger partial charge is 0.239 e. The standard InChI is InChI=1S/C16H24ClN3O2/c1-13(20-9-7-18-8-10-20)16(21)19(2)11-12-22-15-5-3-14(17)4-6-15/h3-6,13,18H,7-12H2,1-2H3. The molecule has 1 N–H and O–H groups in total. The Hall–Kier alpha value is -1.30. The number of rotatable bonds is 6. The zero-order chi connectivity index (χ0) is 15.9. The normalized spacial score (nSPS) is 17.0. The molecule has 0 saturated carbocycles. The molecule has 2 rings (SSSR count).